The summed E-state index contributed by atoms with van der Waals surface area (Å²) < 4.78 is 38.1. The van der Waals surface area contributed by atoms with Gasteiger partial charge < -0.3 is 9.15 Å². The van der Waals surface area contributed by atoms with E-state index in [1.807, 2.05) is 37.3 Å². The average Bonchev–Trinajstić information content (AvgIpc) is 2.80. The molecule has 4 rings (SSSR count). The van der Waals surface area contributed by atoms with Crippen LogP contribution in [0.1, 0.15) is 12.5 Å². The van der Waals surface area contributed by atoms with Gasteiger partial charge in [0.05, 0.1) is 9.92 Å². The van der Waals surface area contributed by atoms with E-state index in [0.717, 1.165) is 11.1 Å². The van der Waals surface area contributed by atoms with Gasteiger partial charge >= 0.3 is 11.6 Å². The Labute approximate surface area is 201 Å². The number of benzene rings is 3. The van der Waals surface area contributed by atoms with Crippen molar-refractivity contribution in [3.05, 3.63) is 93.8 Å². The molecule has 1 aromatic heterocycles. The van der Waals surface area contributed by atoms with Crippen molar-refractivity contribution < 1.29 is 22.4 Å². The van der Waals surface area contributed by atoms with Crippen LogP contribution in [0.5, 0.6) is 5.75 Å². The number of ether oxygens (including phenoxy) is 1. The standard InChI is InChI=1S/C25H20ClNO6S/c1-15-8-10-18(11-9-15)34(30,31)27-16(2)25(29)33-23-14-22-20(12-21(23)26)19(13-24(28)32-22)17-6-4-3-5-7-17/h3-14,16,27H,1-2H3. The summed E-state index contributed by atoms with van der Waals surface area (Å²) in [5.74, 6) is -0.938. The lowest BCUT2D eigenvalue weighted by Gasteiger charge is -2.15. The molecule has 174 valence electrons. The second kappa shape index (κ2) is 9.42. The predicted octanol–water partition coefficient (Wildman–Crippen LogP) is 4.69. The van der Waals surface area contributed by atoms with Crippen LogP contribution in [0.15, 0.2) is 86.9 Å². The Balaban J connectivity index is 1.60. The first kappa shape index (κ1) is 23.7. The van der Waals surface area contributed by atoms with Gasteiger partial charge in [0.2, 0.25) is 10.0 Å². The number of esters is 1. The van der Waals surface area contributed by atoms with Crippen molar-refractivity contribution >= 4 is 38.6 Å². The molecule has 9 heteroatoms. The third kappa shape index (κ3) is 5.04. The molecule has 0 amide bonds. The van der Waals surface area contributed by atoms with Crippen LogP contribution in [0.4, 0.5) is 0 Å². The fourth-order valence-corrected chi connectivity index (χ4v) is 4.76. The second-order valence-electron chi connectivity index (χ2n) is 7.70. The minimum absolute atomic E-state index is 0.0247. The molecular formula is C25H20ClNO6S. The summed E-state index contributed by atoms with van der Waals surface area (Å²) in [6.45, 7) is 3.19. The number of carbonyl (C=O) groups excluding carboxylic acids is 1. The topological polar surface area (TPSA) is 103 Å². The first-order valence-corrected chi connectivity index (χ1v) is 12.1. The Morgan fingerprint density at radius 1 is 1.03 bits per heavy atom. The number of aryl methyl sites for hydroxylation is 1. The van der Waals surface area contributed by atoms with Crippen molar-refractivity contribution in [3.63, 3.8) is 0 Å². The lowest BCUT2D eigenvalue weighted by atomic mass is 10.0. The fourth-order valence-electron chi connectivity index (χ4n) is 3.36. The van der Waals surface area contributed by atoms with Gasteiger partial charge in [-0.3, -0.25) is 0 Å². The summed E-state index contributed by atoms with van der Waals surface area (Å²) in [6.07, 6.45) is 0. The monoisotopic (exact) mass is 497 g/mol. The van der Waals surface area contributed by atoms with Crippen molar-refractivity contribution in [1.82, 2.24) is 4.72 Å². The number of nitrogens with one attached hydrogen (secondary N) is 1. The summed E-state index contributed by atoms with van der Waals surface area (Å²) in [4.78, 5) is 24.8. The lowest BCUT2D eigenvalue weighted by molar-refractivity contribution is -0.135. The van der Waals surface area contributed by atoms with Gasteiger partial charge in [-0.15, -0.1) is 0 Å². The van der Waals surface area contributed by atoms with Gasteiger partial charge in [0.1, 0.15) is 11.6 Å². The summed E-state index contributed by atoms with van der Waals surface area (Å²) in [5, 5.41) is 0.657. The third-order valence-electron chi connectivity index (χ3n) is 5.11. The Morgan fingerprint density at radius 2 is 1.71 bits per heavy atom. The zero-order chi connectivity index (χ0) is 24.5. The van der Waals surface area contributed by atoms with Gasteiger partial charge in [0.25, 0.3) is 0 Å². The van der Waals surface area contributed by atoms with Gasteiger partial charge in [0.15, 0.2) is 5.75 Å². The van der Waals surface area contributed by atoms with E-state index in [9.17, 15) is 18.0 Å². The van der Waals surface area contributed by atoms with Crippen LogP contribution in [0, 0.1) is 6.92 Å². The molecule has 34 heavy (non-hydrogen) atoms. The molecule has 7 nitrogen and oxygen atoms in total. The highest BCUT2D eigenvalue weighted by Gasteiger charge is 2.24. The summed E-state index contributed by atoms with van der Waals surface area (Å²) >= 11 is 6.36. The molecule has 0 saturated carbocycles. The van der Waals surface area contributed by atoms with E-state index >= 15 is 0 Å². The van der Waals surface area contributed by atoms with Crippen LogP contribution in [-0.4, -0.2) is 20.4 Å². The highest BCUT2D eigenvalue weighted by atomic mass is 35.5. The van der Waals surface area contributed by atoms with Crippen LogP contribution >= 0.6 is 11.6 Å². The predicted molar refractivity (Wildman–Crippen MR) is 130 cm³/mol. The number of rotatable bonds is 6. The molecule has 0 spiro atoms. The van der Waals surface area contributed by atoms with Crippen LogP contribution in [0.3, 0.4) is 0 Å². The van der Waals surface area contributed by atoms with Crippen LogP contribution in [0.25, 0.3) is 22.1 Å². The zero-order valence-electron chi connectivity index (χ0n) is 18.2. The minimum Gasteiger partial charge on any atom is -0.424 e. The minimum atomic E-state index is -3.94. The van der Waals surface area contributed by atoms with Crippen molar-refractivity contribution in [2.45, 2.75) is 24.8 Å². The summed E-state index contributed by atoms with van der Waals surface area (Å²) in [6, 6.07) is 18.5. The maximum atomic E-state index is 12.6. The van der Waals surface area contributed by atoms with Crippen molar-refractivity contribution in [2.75, 3.05) is 0 Å². The van der Waals surface area contributed by atoms with E-state index in [2.05, 4.69) is 4.72 Å². The largest absolute Gasteiger partial charge is 0.424 e. The quantitative estimate of drug-likeness (QED) is 0.235. The Hall–Kier alpha value is -3.46. The highest BCUT2D eigenvalue weighted by Crippen LogP contribution is 2.35. The van der Waals surface area contributed by atoms with Crippen LogP contribution in [-0.2, 0) is 14.8 Å². The van der Waals surface area contributed by atoms with Crippen molar-refractivity contribution in [2.24, 2.45) is 0 Å². The second-order valence-corrected chi connectivity index (χ2v) is 9.82. The molecule has 1 N–H and O–H groups in total. The first-order valence-electron chi connectivity index (χ1n) is 10.3. The van der Waals surface area contributed by atoms with Gasteiger partial charge in [-0.25, -0.2) is 18.0 Å². The van der Waals surface area contributed by atoms with Gasteiger partial charge in [-0.2, -0.15) is 4.72 Å². The van der Waals surface area contributed by atoms with Crippen molar-refractivity contribution in [1.29, 1.82) is 0 Å². The van der Waals surface area contributed by atoms with E-state index in [-0.39, 0.29) is 21.3 Å². The number of sulfonamides is 1. The third-order valence-corrected chi connectivity index (χ3v) is 6.96. The van der Waals surface area contributed by atoms with Gasteiger partial charge in [0, 0.05) is 17.5 Å². The average molecular weight is 498 g/mol. The van der Waals surface area contributed by atoms with Gasteiger partial charge in [-0.05, 0) is 43.2 Å². The molecule has 0 fully saturated rings. The molecule has 0 bridgehead atoms. The summed E-state index contributed by atoms with van der Waals surface area (Å²) in [5.41, 5.74) is 1.90. The molecule has 1 heterocycles. The number of hydrogen-bond donors (Lipinski definition) is 1. The molecule has 4 aromatic rings. The molecule has 0 radical (unpaired) electrons. The Bertz CT molecular complexity index is 1530. The molecule has 0 aliphatic heterocycles. The molecular weight excluding hydrogens is 478 g/mol. The van der Waals surface area contributed by atoms with E-state index in [4.69, 9.17) is 20.8 Å². The SMILES string of the molecule is Cc1ccc(S(=O)(=O)NC(C)C(=O)Oc2cc3oc(=O)cc(-c4ccccc4)c3cc2Cl)cc1. The van der Waals surface area contributed by atoms with E-state index in [1.54, 1.807) is 12.1 Å². The smallest absolute Gasteiger partial charge is 0.336 e. The zero-order valence-corrected chi connectivity index (χ0v) is 19.8. The number of halogens is 1. The molecule has 0 aliphatic rings. The first-order chi connectivity index (χ1) is 16.1. The Morgan fingerprint density at radius 3 is 2.38 bits per heavy atom. The van der Waals surface area contributed by atoms with E-state index in [0.29, 0.717) is 10.9 Å². The number of hydrogen-bond acceptors (Lipinski definition) is 6. The molecule has 3 aromatic carbocycles. The molecule has 1 atom stereocenters. The summed E-state index contributed by atoms with van der Waals surface area (Å²) in [7, 11) is -3.94. The molecule has 0 aliphatic carbocycles. The number of carbonyl (C=O) groups is 1. The van der Waals surface area contributed by atoms with Crippen LogP contribution < -0.4 is 15.1 Å². The van der Waals surface area contributed by atoms with Crippen molar-refractivity contribution in [3.8, 4) is 16.9 Å². The molecule has 0 saturated heterocycles. The van der Waals surface area contributed by atoms with Gasteiger partial charge in [-0.1, -0.05) is 59.6 Å². The van der Waals surface area contributed by atoms with E-state index < -0.39 is 27.7 Å². The maximum Gasteiger partial charge on any atom is 0.336 e. The van der Waals surface area contributed by atoms with E-state index in [1.165, 1.54) is 37.3 Å². The van der Waals surface area contributed by atoms with Crippen LogP contribution in [0.2, 0.25) is 5.02 Å². The number of fused-ring (bicyclic) bond motifs is 1. The lowest BCUT2D eigenvalue weighted by Crippen LogP contribution is -2.40. The fraction of sp³-hybridized carbons (Fsp3) is 0.120. The molecule has 1 unspecified atom stereocenters. The maximum absolute atomic E-state index is 12.6. The highest BCUT2D eigenvalue weighted by molar-refractivity contribution is 7.89. The Kier molecular flexibility index (Phi) is 6.56. The normalized spacial score (nSPS) is 12.4.